The van der Waals surface area contributed by atoms with Gasteiger partial charge in [-0.05, 0) is 65.1 Å². The topological polar surface area (TPSA) is 15.7 Å². The maximum Gasteiger partial charge on any atom is 0.107 e. The molecule has 1 unspecified atom stereocenters. The first-order valence-corrected chi connectivity index (χ1v) is 7.19. The van der Waals surface area contributed by atoms with Gasteiger partial charge in [-0.25, -0.2) is 0 Å². The Morgan fingerprint density at radius 2 is 1.59 bits per heavy atom. The molecular formula is C14H28N2O. The van der Waals surface area contributed by atoms with Crippen LogP contribution in [0.15, 0.2) is 0 Å². The molecule has 17 heavy (non-hydrogen) atoms. The zero-order chi connectivity index (χ0) is 12.3. The van der Waals surface area contributed by atoms with Crippen LogP contribution in [0.5, 0.6) is 0 Å². The smallest absolute Gasteiger partial charge is 0.107 e. The molecular weight excluding hydrogens is 212 g/mol. The lowest BCUT2D eigenvalue weighted by Crippen LogP contribution is -2.48. The number of hydrogen-bond acceptors (Lipinski definition) is 3. The summed E-state index contributed by atoms with van der Waals surface area (Å²) in [5.41, 5.74) is 0.662. The van der Waals surface area contributed by atoms with Gasteiger partial charge in [0.05, 0.1) is 0 Å². The normalized spacial score (nSPS) is 28.4. The Kier molecular flexibility index (Phi) is 4.45. The molecule has 0 amide bonds. The molecule has 1 atom stereocenters. The minimum Gasteiger partial charge on any atom is -0.364 e. The highest BCUT2D eigenvalue weighted by atomic mass is 16.5. The molecule has 100 valence electrons. The highest BCUT2D eigenvalue weighted by Gasteiger charge is 2.37. The fourth-order valence-corrected chi connectivity index (χ4v) is 3.30. The molecule has 0 aromatic heterocycles. The third-order valence-electron chi connectivity index (χ3n) is 4.83. The Morgan fingerprint density at radius 1 is 1.06 bits per heavy atom. The second kappa shape index (κ2) is 5.68. The molecule has 3 heteroatoms. The number of hydrogen-bond donors (Lipinski definition) is 0. The molecule has 3 nitrogen and oxygen atoms in total. The molecule has 2 saturated heterocycles. The summed E-state index contributed by atoms with van der Waals surface area (Å²) in [7, 11) is 2.25. The predicted octanol–water partition coefficient (Wildman–Crippen LogP) is 2.18. The van der Waals surface area contributed by atoms with Crippen LogP contribution in [0.4, 0.5) is 0 Å². The summed E-state index contributed by atoms with van der Waals surface area (Å²) >= 11 is 0. The summed E-state index contributed by atoms with van der Waals surface area (Å²) in [6.07, 6.45) is 5.86. The molecule has 0 aromatic rings. The maximum absolute atomic E-state index is 5.69. The van der Waals surface area contributed by atoms with E-state index >= 15 is 0 Å². The van der Waals surface area contributed by atoms with Crippen molar-refractivity contribution in [2.75, 3.05) is 39.8 Å². The van der Waals surface area contributed by atoms with E-state index < -0.39 is 0 Å². The van der Waals surface area contributed by atoms with E-state index in [0.29, 0.717) is 11.6 Å². The average Bonchev–Trinajstić information content (AvgIpc) is 2.35. The van der Waals surface area contributed by atoms with Gasteiger partial charge < -0.3 is 9.64 Å². The van der Waals surface area contributed by atoms with Crippen molar-refractivity contribution in [3.05, 3.63) is 0 Å². The van der Waals surface area contributed by atoms with Gasteiger partial charge in [0.2, 0.25) is 0 Å². The number of rotatable bonds is 3. The van der Waals surface area contributed by atoms with E-state index in [9.17, 15) is 0 Å². The van der Waals surface area contributed by atoms with Crippen LogP contribution >= 0.6 is 0 Å². The van der Waals surface area contributed by atoms with Crippen molar-refractivity contribution >= 4 is 0 Å². The van der Waals surface area contributed by atoms with Gasteiger partial charge in [0, 0.05) is 19.7 Å². The van der Waals surface area contributed by atoms with Crippen molar-refractivity contribution in [3.63, 3.8) is 0 Å². The van der Waals surface area contributed by atoms with Crippen molar-refractivity contribution in [1.29, 1.82) is 0 Å². The van der Waals surface area contributed by atoms with Gasteiger partial charge in [-0.1, -0.05) is 0 Å². The Bertz CT molecular complexity index is 226. The number of likely N-dealkylation sites (tertiary alicyclic amines) is 2. The van der Waals surface area contributed by atoms with Gasteiger partial charge in [0.1, 0.15) is 6.23 Å². The molecule has 0 N–H and O–H groups in total. The fraction of sp³-hybridized carbons (Fsp3) is 1.00. The average molecular weight is 240 g/mol. The molecule has 2 aliphatic rings. The third-order valence-corrected chi connectivity index (χ3v) is 4.83. The van der Waals surface area contributed by atoms with Crippen molar-refractivity contribution in [1.82, 2.24) is 9.80 Å². The van der Waals surface area contributed by atoms with Crippen molar-refractivity contribution in [2.45, 2.75) is 45.8 Å². The third kappa shape index (κ3) is 3.21. The summed E-state index contributed by atoms with van der Waals surface area (Å²) in [5.74, 6) is 0. The standard InChI is InChI=1S/C14H28N2O/c1-4-17-13(2)16-11-7-14(8-12-16)5-9-15(3)10-6-14/h13H,4-12H2,1-3H3. The van der Waals surface area contributed by atoms with E-state index in [1.807, 2.05) is 0 Å². The van der Waals surface area contributed by atoms with Crippen LogP contribution in [0.3, 0.4) is 0 Å². The Labute approximate surface area is 106 Å². The number of piperidine rings is 2. The van der Waals surface area contributed by atoms with Gasteiger partial charge in [-0.15, -0.1) is 0 Å². The summed E-state index contributed by atoms with van der Waals surface area (Å²) < 4.78 is 5.69. The van der Waals surface area contributed by atoms with Crippen LogP contribution < -0.4 is 0 Å². The van der Waals surface area contributed by atoms with Crippen LogP contribution in [0, 0.1) is 5.41 Å². The lowest BCUT2D eigenvalue weighted by Gasteiger charge is -2.47. The summed E-state index contributed by atoms with van der Waals surface area (Å²) in [4.78, 5) is 4.98. The number of ether oxygens (including phenoxy) is 1. The van der Waals surface area contributed by atoms with Crippen molar-refractivity contribution < 1.29 is 4.74 Å². The second-order valence-electron chi connectivity index (χ2n) is 5.89. The predicted molar refractivity (Wildman–Crippen MR) is 71.1 cm³/mol. The van der Waals surface area contributed by atoms with Crippen molar-refractivity contribution in [2.24, 2.45) is 5.41 Å². The quantitative estimate of drug-likeness (QED) is 0.752. The van der Waals surface area contributed by atoms with Gasteiger partial charge >= 0.3 is 0 Å². The summed E-state index contributed by atoms with van der Waals surface area (Å²) in [6.45, 7) is 10.1. The van der Waals surface area contributed by atoms with Gasteiger partial charge in [-0.2, -0.15) is 0 Å². The zero-order valence-corrected chi connectivity index (χ0v) is 11.7. The van der Waals surface area contributed by atoms with Gasteiger partial charge in [-0.3, -0.25) is 4.90 Å². The van der Waals surface area contributed by atoms with E-state index in [2.05, 4.69) is 30.7 Å². The van der Waals surface area contributed by atoms with Crippen LogP contribution in [0.2, 0.25) is 0 Å². The lowest BCUT2D eigenvalue weighted by molar-refractivity contribution is -0.0744. The molecule has 1 spiro atoms. The van der Waals surface area contributed by atoms with E-state index in [1.54, 1.807) is 0 Å². The molecule has 2 aliphatic heterocycles. The molecule has 0 aromatic carbocycles. The minimum atomic E-state index is 0.309. The van der Waals surface area contributed by atoms with Crippen molar-refractivity contribution in [3.8, 4) is 0 Å². The summed E-state index contributed by atoms with van der Waals surface area (Å²) in [5, 5.41) is 0. The first-order chi connectivity index (χ1) is 8.15. The molecule has 2 rings (SSSR count). The molecule has 0 saturated carbocycles. The monoisotopic (exact) mass is 240 g/mol. The molecule has 0 radical (unpaired) electrons. The largest absolute Gasteiger partial charge is 0.364 e. The molecule has 0 bridgehead atoms. The molecule has 2 heterocycles. The molecule has 2 fully saturated rings. The Hall–Kier alpha value is -0.120. The van der Waals surface area contributed by atoms with E-state index in [-0.39, 0.29) is 0 Å². The van der Waals surface area contributed by atoms with Crippen LogP contribution in [0.1, 0.15) is 39.5 Å². The highest BCUT2D eigenvalue weighted by Crippen LogP contribution is 2.41. The van der Waals surface area contributed by atoms with E-state index in [1.165, 1.54) is 51.9 Å². The van der Waals surface area contributed by atoms with Gasteiger partial charge in [0.15, 0.2) is 0 Å². The van der Waals surface area contributed by atoms with Gasteiger partial charge in [0.25, 0.3) is 0 Å². The maximum atomic E-state index is 5.69. The van der Waals surface area contributed by atoms with E-state index in [0.717, 1.165) is 6.61 Å². The SMILES string of the molecule is CCOC(C)N1CCC2(CCN(C)CC2)CC1. The zero-order valence-electron chi connectivity index (χ0n) is 11.7. The number of nitrogens with zero attached hydrogens (tertiary/aromatic N) is 2. The van der Waals surface area contributed by atoms with Crippen LogP contribution in [-0.2, 0) is 4.74 Å². The Balaban J connectivity index is 1.81. The minimum absolute atomic E-state index is 0.309. The first-order valence-electron chi connectivity index (χ1n) is 7.19. The summed E-state index contributed by atoms with van der Waals surface area (Å²) in [6, 6.07) is 0. The fourth-order valence-electron chi connectivity index (χ4n) is 3.30. The Morgan fingerprint density at radius 3 is 2.12 bits per heavy atom. The lowest BCUT2D eigenvalue weighted by atomic mass is 9.71. The van der Waals surface area contributed by atoms with E-state index in [4.69, 9.17) is 4.74 Å². The highest BCUT2D eigenvalue weighted by molar-refractivity contribution is 4.90. The molecule has 0 aliphatic carbocycles. The van der Waals surface area contributed by atoms with Crippen LogP contribution in [0.25, 0.3) is 0 Å². The van der Waals surface area contributed by atoms with Crippen LogP contribution in [-0.4, -0.2) is 55.9 Å². The second-order valence-corrected chi connectivity index (χ2v) is 5.89. The first kappa shape index (κ1) is 13.3.